The van der Waals surface area contributed by atoms with Gasteiger partial charge < -0.3 is 14.2 Å². The number of hydrogen-bond donors (Lipinski definition) is 0. The third-order valence-electron chi connectivity index (χ3n) is 6.82. The van der Waals surface area contributed by atoms with Crippen LogP contribution >= 0.6 is 0 Å². The highest BCUT2D eigenvalue weighted by Gasteiger charge is 2.24. The fourth-order valence-corrected chi connectivity index (χ4v) is 6.35. The van der Waals surface area contributed by atoms with E-state index in [0.717, 1.165) is 22.1 Å². The first kappa shape index (κ1) is 25.4. The maximum Gasteiger partial charge on any atom is 0.268 e. The summed E-state index contributed by atoms with van der Waals surface area (Å²) < 4.78 is 45.8. The van der Waals surface area contributed by atoms with Gasteiger partial charge >= 0.3 is 0 Å². The van der Waals surface area contributed by atoms with Crippen molar-refractivity contribution in [3.8, 4) is 28.5 Å². The molecule has 5 aromatic rings. The molecule has 0 radical (unpaired) electrons. The molecule has 0 aliphatic heterocycles. The number of hydrogen-bond acceptors (Lipinski definition) is 5. The zero-order valence-electron chi connectivity index (χ0n) is 21.7. The van der Waals surface area contributed by atoms with Gasteiger partial charge in [-0.15, -0.1) is 0 Å². The van der Waals surface area contributed by atoms with Gasteiger partial charge in [0.05, 0.1) is 37.4 Å². The first-order chi connectivity index (χ1) is 18.4. The van der Waals surface area contributed by atoms with Crippen LogP contribution < -0.4 is 14.2 Å². The van der Waals surface area contributed by atoms with Gasteiger partial charge in [-0.2, -0.15) is 0 Å². The first-order valence-electron chi connectivity index (χ1n) is 12.2. The van der Waals surface area contributed by atoms with E-state index in [2.05, 4.69) is 6.92 Å². The van der Waals surface area contributed by atoms with Crippen LogP contribution in [0.3, 0.4) is 0 Å². The first-order valence-corrected chi connectivity index (χ1v) is 13.6. The quantitative estimate of drug-likeness (QED) is 0.224. The number of para-hydroxylation sites is 1. The third kappa shape index (κ3) is 4.39. The lowest BCUT2D eigenvalue weighted by atomic mass is 9.91. The molecule has 7 heteroatoms. The number of ether oxygens (including phenoxy) is 3. The number of benzene rings is 4. The Kier molecular flexibility index (Phi) is 6.87. The maximum absolute atomic E-state index is 13.9. The van der Waals surface area contributed by atoms with E-state index < -0.39 is 10.0 Å². The van der Waals surface area contributed by atoms with Crippen molar-refractivity contribution in [1.82, 2.24) is 3.97 Å². The van der Waals surface area contributed by atoms with Crippen LogP contribution in [0.25, 0.3) is 22.2 Å². The van der Waals surface area contributed by atoms with Crippen molar-refractivity contribution >= 4 is 20.9 Å². The summed E-state index contributed by atoms with van der Waals surface area (Å²) in [7, 11) is 0.928. The molecule has 194 valence electrons. The van der Waals surface area contributed by atoms with Crippen LogP contribution in [0.5, 0.6) is 17.2 Å². The average Bonchev–Trinajstić information content (AvgIpc) is 3.37. The number of aromatic nitrogens is 1. The Balaban J connectivity index is 1.65. The normalized spacial score (nSPS) is 12.3. The van der Waals surface area contributed by atoms with Crippen molar-refractivity contribution < 1.29 is 22.6 Å². The van der Waals surface area contributed by atoms with Crippen LogP contribution in [0.4, 0.5) is 0 Å². The average molecular weight is 528 g/mol. The smallest absolute Gasteiger partial charge is 0.268 e. The monoisotopic (exact) mass is 527 g/mol. The summed E-state index contributed by atoms with van der Waals surface area (Å²) in [5.41, 5.74) is 4.04. The Bertz CT molecular complexity index is 1680. The zero-order valence-corrected chi connectivity index (χ0v) is 22.5. The number of methoxy groups -OCH3 is 3. The second-order valence-electron chi connectivity index (χ2n) is 8.98. The third-order valence-corrected chi connectivity index (χ3v) is 8.56. The molecule has 4 aromatic carbocycles. The van der Waals surface area contributed by atoms with E-state index >= 15 is 0 Å². The Morgan fingerprint density at radius 1 is 0.684 bits per heavy atom. The second kappa shape index (κ2) is 10.3. The van der Waals surface area contributed by atoms with Gasteiger partial charge in [0.15, 0.2) is 11.5 Å². The van der Waals surface area contributed by atoms with Crippen molar-refractivity contribution in [2.45, 2.75) is 17.7 Å². The molecule has 6 nitrogen and oxygen atoms in total. The molecule has 0 N–H and O–H groups in total. The SMILES string of the molecule is COc1cc(C(C)c2cccc(-c3cc4ccccc4n3S(=O)(=O)c3ccccc3)c2)cc(OC)c1OC. The van der Waals surface area contributed by atoms with E-state index in [1.807, 2.05) is 72.8 Å². The van der Waals surface area contributed by atoms with E-state index in [1.165, 1.54) is 3.97 Å². The van der Waals surface area contributed by atoms with Gasteiger partial charge in [0.25, 0.3) is 10.0 Å². The minimum absolute atomic E-state index is 0.0350. The summed E-state index contributed by atoms with van der Waals surface area (Å²) in [6, 6.07) is 29.8. The van der Waals surface area contributed by atoms with E-state index in [4.69, 9.17) is 14.2 Å². The predicted molar refractivity (Wildman–Crippen MR) is 150 cm³/mol. The lowest BCUT2D eigenvalue weighted by Crippen LogP contribution is -2.14. The fraction of sp³-hybridized carbons (Fsp3) is 0.161. The number of rotatable bonds is 8. The molecule has 0 saturated heterocycles. The molecule has 0 saturated carbocycles. The Morgan fingerprint density at radius 3 is 2.00 bits per heavy atom. The van der Waals surface area contributed by atoms with Gasteiger partial charge in [0.1, 0.15) is 0 Å². The molecule has 1 atom stereocenters. The van der Waals surface area contributed by atoms with Crippen molar-refractivity contribution in [2.24, 2.45) is 0 Å². The topological polar surface area (TPSA) is 66.8 Å². The van der Waals surface area contributed by atoms with E-state index in [9.17, 15) is 8.42 Å². The number of nitrogens with zero attached hydrogens (tertiary/aromatic N) is 1. The molecule has 0 aliphatic carbocycles. The Hall–Kier alpha value is -4.23. The summed E-state index contributed by atoms with van der Waals surface area (Å²) in [6.07, 6.45) is 0. The minimum Gasteiger partial charge on any atom is -0.493 e. The molecule has 0 fully saturated rings. The van der Waals surface area contributed by atoms with E-state index in [-0.39, 0.29) is 10.8 Å². The summed E-state index contributed by atoms with van der Waals surface area (Å²) in [5.74, 6) is 1.67. The van der Waals surface area contributed by atoms with Crippen LogP contribution in [0, 0.1) is 0 Å². The Morgan fingerprint density at radius 2 is 1.34 bits per heavy atom. The number of fused-ring (bicyclic) bond motifs is 1. The highest BCUT2D eigenvalue weighted by atomic mass is 32.2. The Labute approximate surface area is 223 Å². The van der Waals surface area contributed by atoms with Gasteiger partial charge in [-0.25, -0.2) is 12.4 Å². The van der Waals surface area contributed by atoms with Crippen molar-refractivity contribution in [3.05, 3.63) is 108 Å². The van der Waals surface area contributed by atoms with E-state index in [0.29, 0.717) is 28.5 Å². The summed E-state index contributed by atoms with van der Waals surface area (Å²) >= 11 is 0. The highest BCUT2D eigenvalue weighted by Crippen LogP contribution is 2.42. The van der Waals surface area contributed by atoms with E-state index in [1.54, 1.807) is 45.6 Å². The van der Waals surface area contributed by atoms with Crippen LogP contribution in [-0.2, 0) is 10.0 Å². The molecule has 1 unspecified atom stereocenters. The molecule has 1 aromatic heterocycles. The van der Waals surface area contributed by atoms with Crippen LogP contribution in [0.15, 0.2) is 102 Å². The fourth-order valence-electron chi connectivity index (χ4n) is 4.80. The summed E-state index contributed by atoms with van der Waals surface area (Å²) in [6.45, 7) is 2.09. The van der Waals surface area contributed by atoms with Gasteiger partial charge in [0.2, 0.25) is 5.75 Å². The summed E-state index contributed by atoms with van der Waals surface area (Å²) in [5, 5.41) is 0.852. The van der Waals surface area contributed by atoms with Crippen LogP contribution in [-0.4, -0.2) is 33.7 Å². The van der Waals surface area contributed by atoms with Gasteiger partial charge in [-0.1, -0.05) is 61.5 Å². The molecule has 0 amide bonds. The molecule has 1 heterocycles. The molecule has 5 rings (SSSR count). The summed E-state index contributed by atoms with van der Waals surface area (Å²) in [4.78, 5) is 0.240. The molecule has 0 bridgehead atoms. The minimum atomic E-state index is -3.84. The second-order valence-corrected chi connectivity index (χ2v) is 10.8. The largest absolute Gasteiger partial charge is 0.493 e. The molecular weight excluding hydrogens is 498 g/mol. The molecule has 0 aliphatic rings. The molecule has 38 heavy (non-hydrogen) atoms. The van der Waals surface area contributed by atoms with Gasteiger partial charge in [-0.3, -0.25) is 0 Å². The molecular formula is C31H29NO5S. The maximum atomic E-state index is 13.9. The van der Waals surface area contributed by atoms with Crippen molar-refractivity contribution in [1.29, 1.82) is 0 Å². The predicted octanol–water partition coefficient (Wildman–Crippen LogP) is 6.72. The lowest BCUT2D eigenvalue weighted by Gasteiger charge is -2.19. The standard InChI is InChI=1S/C31H29NO5S/c1-21(25-19-29(35-2)31(37-4)30(20-25)36-3)22-12-10-13-23(17-22)28-18-24-11-8-9-16-27(24)32(28)38(33,34)26-14-6-5-7-15-26/h5-21H,1-4H3. The van der Waals surface area contributed by atoms with Crippen molar-refractivity contribution in [3.63, 3.8) is 0 Å². The highest BCUT2D eigenvalue weighted by molar-refractivity contribution is 7.90. The van der Waals surface area contributed by atoms with Crippen LogP contribution in [0.2, 0.25) is 0 Å². The van der Waals surface area contributed by atoms with Crippen LogP contribution in [0.1, 0.15) is 24.0 Å². The van der Waals surface area contributed by atoms with Gasteiger partial charge in [-0.05, 0) is 59.2 Å². The van der Waals surface area contributed by atoms with Crippen molar-refractivity contribution in [2.75, 3.05) is 21.3 Å². The molecule has 0 spiro atoms. The van der Waals surface area contributed by atoms with Gasteiger partial charge in [0, 0.05) is 11.3 Å². The lowest BCUT2D eigenvalue weighted by molar-refractivity contribution is 0.323. The zero-order chi connectivity index (χ0) is 26.9.